The minimum Gasteiger partial charge on any atom is -0.444 e. The Kier molecular flexibility index (Phi) is 10.6. The molecule has 3 unspecified atom stereocenters. The molecule has 0 aromatic heterocycles. The van der Waals surface area contributed by atoms with Gasteiger partial charge in [-0.3, -0.25) is 9.59 Å². The van der Waals surface area contributed by atoms with Gasteiger partial charge in [0.05, 0.1) is 0 Å². The van der Waals surface area contributed by atoms with Gasteiger partial charge in [-0.1, -0.05) is 39.0 Å². The molecule has 192 valence electrons. The van der Waals surface area contributed by atoms with Crippen LogP contribution in [0.3, 0.4) is 0 Å². The first-order valence-electron chi connectivity index (χ1n) is 12.3. The van der Waals surface area contributed by atoms with Crippen LogP contribution in [0.25, 0.3) is 0 Å². The lowest BCUT2D eigenvalue weighted by Gasteiger charge is -2.40. The summed E-state index contributed by atoms with van der Waals surface area (Å²) in [6, 6.07) is 3.81. The molecule has 3 amide bonds. The van der Waals surface area contributed by atoms with Gasteiger partial charge in [-0.2, -0.15) is 0 Å². The van der Waals surface area contributed by atoms with Crippen LogP contribution in [0.2, 0.25) is 0 Å². The summed E-state index contributed by atoms with van der Waals surface area (Å²) in [5.41, 5.74) is 2.10. The fourth-order valence-corrected chi connectivity index (χ4v) is 3.76. The van der Waals surface area contributed by atoms with Crippen LogP contribution >= 0.6 is 0 Å². The molecule has 2 N–H and O–H groups in total. The van der Waals surface area contributed by atoms with E-state index in [0.29, 0.717) is 6.42 Å². The highest BCUT2D eigenvalue weighted by molar-refractivity contribution is 5.92. The molecule has 0 saturated heterocycles. The first-order chi connectivity index (χ1) is 15.6. The normalized spacial score (nSPS) is 14.4. The molecule has 0 spiro atoms. The van der Waals surface area contributed by atoms with Gasteiger partial charge in [0.2, 0.25) is 11.8 Å². The predicted octanol–water partition coefficient (Wildman–Crippen LogP) is 5.05. The van der Waals surface area contributed by atoms with Crippen LogP contribution in [0.1, 0.15) is 91.5 Å². The summed E-state index contributed by atoms with van der Waals surface area (Å²) in [5.74, 6) is -0.754. The third kappa shape index (κ3) is 8.03. The summed E-state index contributed by atoms with van der Waals surface area (Å²) in [4.78, 5) is 41.8. The van der Waals surface area contributed by atoms with Crippen molar-refractivity contribution >= 4 is 17.9 Å². The fourth-order valence-electron chi connectivity index (χ4n) is 3.76. The number of hydrogen-bond acceptors (Lipinski definition) is 4. The summed E-state index contributed by atoms with van der Waals surface area (Å²) >= 11 is 0. The van der Waals surface area contributed by atoms with Crippen molar-refractivity contribution in [2.45, 2.75) is 112 Å². The number of carbonyl (C=O) groups is 3. The average Bonchev–Trinajstić information content (AvgIpc) is 2.69. The zero-order valence-electron chi connectivity index (χ0n) is 22.9. The smallest absolute Gasteiger partial charge is 0.408 e. The van der Waals surface area contributed by atoms with Crippen molar-refractivity contribution in [2.24, 2.45) is 5.92 Å². The maximum absolute atomic E-state index is 14.1. The van der Waals surface area contributed by atoms with Crippen LogP contribution in [0.15, 0.2) is 18.2 Å². The second-order valence-corrected chi connectivity index (χ2v) is 10.7. The van der Waals surface area contributed by atoms with E-state index in [1.165, 1.54) is 0 Å². The first-order valence-corrected chi connectivity index (χ1v) is 12.3. The third-order valence-electron chi connectivity index (χ3n) is 5.82. The summed E-state index contributed by atoms with van der Waals surface area (Å²) in [5, 5.41) is 5.76. The van der Waals surface area contributed by atoms with Crippen LogP contribution < -0.4 is 10.6 Å². The van der Waals surface area contributed by atoms with E-state index in [2.05, 4.69) is 10.6 Å². The quantitative estimate of drug-likeness (QED) is 0.523. The Morgan fingerprint density at radius 3 is 2.06 bits per heavy atom. The molecule has 0 radical (unpaired) electrons. The number of hydrogen-bond donors (Lipinski definition) is 2. The van der Waals surface area contributed by atoms with Gasteiger partial charge in [-0.05, 0) is 84.4 Å². The van der Waals surface area contributed by atoms with E-state index in [1.54, 1.807) is 25.7 Å². The zero-order valence-corrected chi connectivity index (χ0v) is 22.9. The molecule has 3 atom stereocenters. The molecule has 0 aliphatic heterocycles. The molecule has 1 rings (SSSR count). The SMILES string of the molecule is CCC(C)N(C(=O)C(NC(=O)OC(C)(C)C)C(C)C)C(C(=O)NC(C)C)c1cccc(C)c1C. The van der Waals surface area contributed by atoms with Gasteiger partial charge in [-0.15, -0.1) is 0 Å². The lowest BCUT2D eigenvalue weighted by atomic mass is 9.92. The topological polar surface area (TPSA) is 87.7 Å². The lowest BCUT2D eigenvalue weighted by molar-refractivity contribution is -0.146. The maximum Gasteiger partial charge on any atom is 0.408 e. The monoisotopic (exact) mass is 475 g/mol. The molecule has 0 aliphatic rings. The van der Waals surface area contributed by atoms with Gasteiger partial charge < -0.3 is 20.3 Å². The van der Waals surface area contributed by atoms with Crippen LogP contribution in [0, 0.1) is 19.8 Å². The molecule has 1 aromatic rings. The second-order valence-electron chi connectivity index (χ2n) is 10.7. The highest BCUT2D eigenvalue weighted by atomic mass is 16.6. The Morgan fingerprint density at radius 1 is 1.00 bits per heavy atom. The number of nitrogens with zero attached hydrogens (tertiary/aromatic N) is 1. The molecule has 0 aliphatic carbocycles. The van der Waals surface area contributed by atoms with Crippen molar-refractivity contribution in [1.29, 1.82) is 0 Å². The molecule has 7 heteroatoms. The highest BCUT2D eigenvalue weighted by Gasteiger charge is 2.40. The summed E-state index contributed by atoms with van der Waals surface area (Å²) in [6.07, 6.45) is -0.00200. The van der Waals surface area contributed by atoms with E-state index in [-0.39, 0.29) is 29.8 Å². The number of benzene rings is 1. The first kappa shape index (κ1) is 29.5. The van der Waals surface area contributed by atoms with Crippen molar-refractivity contribution in [3.63, 3.8) is 0 Å². The van der Waals surface area contributed by atoms with Crippen molar-refractivity contribution in [1.82, 2.24) is 15.5 Å². The fraction of sp³-hybridized carbons (Fsp3) is 0.667. The van der Waals surface area contributed by atoms with Gasteiger partial charge >= 0.3 is 6.09 Å². The van der Waals surface area contributed by atoms with Gasteiger partial charge in [0.1, 0.15) is 17.7 Å². The standard InChI is InChI=1S/C27H45N3O4/c1-12-19(7)30(25(32)22(16(2)3)29-26(33)34-27(9,10)11)23(24(31)28-17(4)5)21-15-13-14-18(6)20(21)8/h13-17,19,22-23H,12H2,1-11H3,(H,28,31)(H,29,33). The minimum absolute atomic E-state index is 0.0882. The molecule has 34 heavy (non-hydrogen) atoms. The van der Waals surface area contributed by atoms with Crippen molar-refractivity contribution in [2.75, 3.05) is 0 Å². The number of alkyl carbamates (subject to hydrolysis) is 1. The van der Waals surface area contributed by atoms with Crippen LogP contribution in [0.5, 0.6) is 0 Å². The van der Waals surface area contributed by atoms with Gasteiger partial charge in [0, 0.05) is 12.1 Å². The number of ether oxygens (including phenoxy) is 1. The largest absolute Gasteiger partial charge is 0.444 e. The van der Waals surface area contributed by atoms with E-state index in [1.807, 2.05) is 73.6 Å². The summed E-state index contributed by atoms with van der Waals surface area (Å²) in [7, 11) is 0. The number of rotatable bonds is 9. The second kappa shape index (κ2) is 12.2. The highest BCUT2D eigenvalue weighted by Crippen LogP contribution is 2.30. The number of aryl methyl sites for hydroxylation is 1. The number of nitrogens with one attached hydrogen (secondary N) is 2. The Morgan fingerprint density at radius 2 is 1.59 bits per heavy atom. The van der Waals surface area contributed by atoms with Crippen molar-refractivity contribution in [3.05, 3.63) is 34.9 Å². The van der Waals surface area contributed by atoms with Gasteiger partial charge in [-0.25, -0.2) is 4.79 Å². The van der Waals surface area contributed by atoms with Crippen LogP contribution in [-0.4, -0.2) is 46.5 Å². The third-order valence-corrected chi connectivity index (χ3v) is 5.82. The average molecular weight is 476 g/mol. The molecular weight excluding hydrogens is 430 g/mol. The Bertz CT molecular complexity index is 858. The Hall–Kier alpha value is -2.57. The van der Waals surface area contributed by atoms with E-state index < -0.39 is 23.8 Å². The van der Waals surface area contributed by atoms with Crippen LogP contribution in [0.4, 0.5) is 4.79 Å². The van der Waals surface area contributed by atoms with E-state index in [0.717, 1.165) is 16.7 Å². The number of carbonyl (C=O) groups excluding carboxylic acids is 3. The summed E-state index contributed by atoms with van der Waals surface area (Å²) < 4.78 is 5.42. The van der Waals surface area contributed by atoms with Gasteiger partial charge in [0.25, 0.3) is 0 Å². The van der Waals surface area contributed by atoms with Crippen molar-refractivity contribution in [3.8, 4) is 0 Å². The molecule has 7 nitrogen and oxygen atoms in total. The Labute approximate surface area is 206 Å². The molecule has 0 fully saturated rings. The van der Waals surface area contributed by atoms with E-state index in [9.17, 15) is 14.4 Å². The predicted molar refractivity (Wildman–Crippen MR) is 137 cm³/mol. The maximum atomic E-state index is 14.1. The molecule has 0 saturated carbocycles. The van der Waals surface area contributed by atoms with E-state index >= 15 is 0 Å². The van der Waals surface area contributed by atoms with E-state index in [4.69, 9.17) is 4.74 Å². The minimum atomic E-state index is -0.844. The molecule has 0 heterocycles. The van der Waals surface area contributed by atoms with Gasteiger partial charge in [0.15, 0.2) is 0 Å². The zero-order chi connectivity index (χ0) is 26.4. The lowest BCUT2D eigenvalue weighted by Crippen LogP contribution is -2.57. The Balaban J connectivity index is 3.59. The van der Waals surface area contributed by atoms with Crippen molar-refractivity contribution < 1.29 is 19.1 Å². The summed E-state index contributed by atoms with van der Waals surface area (Å²) in [6.45, 7) is 20.7. The van der Waals surface area contributed by atoms with Crippen LogP contribution in [-0.2, 0) is 14.3 Å². The number of amides is 3. The molecular formula is C27H45N3O4. The molecule has 0 bridgehead atoms. The molecule has 1 aromatic carbocycles.